The van der Waals surface area contributed by atoms with E-state index in [0.717, 1.165) is 6.54 Å². The largest absolute Gasteiger partial charge is 0.459 e. The summed E-state index contributed by atoms with van der Waals surface area (Å²) in [4.78, 5) is 14.3. The molecule has 1 saturated heterocycles. The van der Waals surface area contributed by atoms with Gasteiger partial charge in [-0.15, -0.1) is 0 Å². The number of hydrogen-bond donors (Lipinski definition) is 1. The lowest BCUT2D eigenvalue weighted by Crippen LogP contribution is -2.67. The molecule has 2 heterocycles. The number of carbonyl (C=O) groups is 1. The summed E-state index contributed by atoms with van der Waals surface area (Å²) in [6.45, 7) is 9.80. The number of nitrogens with zero attached hydrogens (tertiary/aromatic N) is 1. The van der Waals surface area contributed by atoms with Gasteiger partial charge in [0.25, 0.3) is 5.91 Å². The third-order valence-corrected chi connectivity index (χ3v) is 3.26. The third-order valence-electron chi connectivity index (χ3n) is 3.26. The van der Waals surface area contributed by atoms with Crippen LogP contribution in [0.4, 0.5) is 0 Å². The number of furan rings is 1. The smallest absolute Gasteiger partial charge is 0.290 e. The van der Waals surface area contributed by atoms with Crippen molar-refractivity contribution in [3.8, 4) is 0 Å². The van der Waals surface area contributed by atoms with E-state index >= 15 is 0 Å². The van der Waals surface area contributed by atoms with E-state index in [-0.39, 0.29) is 17.0 Å². The van der Waals surface area contributed by atoms with Crippen LogP contribution in [0.15, 0.2) is 22.8 Å². The van der Waals surface area contributed by atoms with Crippen molar-refractivity contribution in [2.75, 3.05) is 13.1 Å². The number of amides is 1. The Labute approximate surface area is 102 Å². The summed E-state index contributed by atoms with van der Waals surface area (Å²) in [5, 5.41) is 3.45. The van der Waals surface area contributed by atoms with Gasteiger partial charge in [-0.3, -0.25) is 4.79 Å². The molecule has 1 fully saturated rings. The van der Waals surface area contributed by atoms with Crippen molar-refractivity contribution in [1.29, 1.82) is 0 Å². The molecule has 0 bridgehead atoms. The van der Waals surface area contributed by atoms with Crippen molar-refractivity contribution in [2.24, 2.45) is 0 Å². The standard InChI is InChI=1S/C13H20N2O2/c1-12(2)9-15(13(3,4)8-14-12)11(16)10-6-5-7-17-10/h5-7,14H,8-9H2,1-4H3. The van der Waals surface area contributed by atoms with E-state index in [2.05, 4.69) is 33.0 Å². The van der Waals surface area contributed by atoms with Gasteiger partial charge in [-0.2, -0.15) is 0 Å². The van der Waals surface area contributed by atoms with Gasteiger partial charge >= 0.3 is 0 Å². The van der Waals surface area contributed by atoms with Crippen LogP contribution in [0.2, 0.25) is 0 Å². The normalized spacial score (nSPS) is 22.5. The van der Waals surface area contributed by atoms with Crippen LogP contribution >= 0.6 is 0 Å². The van der Waals surface area contributed by atoms with Gasteiger partial charge in [0, 0.05) is 18.6 Å². The van der Waals surface area contributed by atoms with Gasteiger partial charge in [-0.25, -0.2) is 0 Å². The molecule has 0 aromatic carbocycles. The summed E-state index contributed by atoms with van der Waals surface area (Å²) in [5.41, 5.74) is -0.253. The van der Waals surface area contributed by atoms with Crippen LogP contribution in [-0.2, 0) is 0 Å². The van der Waals surface area contributed by atoms with Crippen molar-refractivity contribution < 1.29 is 9.21 Å². The summed E-state index contributed by atoms with van der Waals surface area (Å²) < 4.78 is 5.20. The van der Waals surface area contributed by atoms with E-state index in [1.54, 1.807) is 12.1 Å². The van der Waals surface area contributed by atoms with Crippen molar-refractivity contribution in [3.05, 3.63) is 24.2 Å². The van der Waals surface area contributed by atoms with E-state index in [1.165, 1.54) is 6.26 Å². The van der Waals surface area contributed by atoms with Crippen LogP contribution in [0.3, 0.4) is 0 Å². The number of piperazine rings is 1. The lowest BCUT2D eigenvalue weighted by atomic mass is 9.91. The Kier molecular flexibility index (Phi) is 2.78. The van der Waals surface area contributed by atoms with Crippen molar-refractivity contribution in [3.63, 3.8) is 0 Å². The average molecular weight is 236 g/mol. The molecule has 1 aromatic rings. The first-order valence-corrected chi connectivity index (χ1v) is 5.92. The molecular formula is C13H20N2O2. The van der Waals surface area contributed by atoms with Crippen LogP contribution in [0.5, 0.6) is 0 Å². The minimum atomic E-state index is -0.195. The van der Waals surface area contributed by atoms with Crippen LogP contribution in [0.1, 0.15) is 38.2 Å². The van der Waals surface area contributed by atoms with Gasteiger partial charge in [0.1, 0.15) is 0 Å². The molecule has 1 aromatic heterocycles. The Morgan fingerprint density at radius 3 is 2.71 bits per heavy atom. The van der Waals surface area contributed by atoms with E-state index in [1.807, 2.05) is 4.90 Å². The maximum atomic E-state index is 12.4. The van der Waals surface area contributed by atoms with Crippen LogP contribution in [0, 0.1) is 0 Å². The Hall–Kier alpha value is -1.29. The number of carbonyl (C=O) groups excluding carboxylic acids is 1. The highest BCUT2D eigenvalue weighted by atomic mass is 16.3. The van der Waals surface area contributed by atoms with Crippen LogP contribution in [0.25, 0.3) is 0 Å². The SMILES string of the molecule is CC1(C)CN(C(=O)c2ccco2)C(C)(C)CN1. The van der Waals surface area contributed by atoms with Gasteiger partial charge in [-0.1, -0.05) is 0 Å². The number of nitrogens with one attached hydrogen (secondary N) is 1. The highest BCUT2D eigenvalue weighted by molar-refractivity contribution is 5.92. The fourth-order valence-electron chi connectivity index (χ4n) is 2.10. The first kappa shape index (κ1) is 12.2. The van der Waals surface area contributed by atoms with Crippen LogP contribution in [-0.4, -0.2) is 35.0 Å². The summed E-state index contributed by atoms with van der Waals surface area (Å²) in [7, 11) is 0. The van der Waals surface area contributed by atoms with Gasteiger partial charge in [0.05, 0.1) is 11.8 Å². The minimum Gasteiger partial charge on any atom is -0.459 e. The molecule has 94 valence electrons. The summed E-state index contributed by atoms with van der Waals surface area (Å²) in [5.74, 6) is 0.380. The maximum absolute atomic E-state index is 12.4. The molecule has 0 atom stereocenters. The van der Waals surface area contributed by atoms with Crippen molar-refractivity contribution >= 4 is 5.91 Å². The molecule has 0 spiro atoms. The van der Waals surface area contributed by atoms with E-state index in [0.29, 0.717) is 12.3 Å². The zero-order valence-electron chi connectivity index (χ0n) is 10.9. The first-order valence-electron chi connectivity index (χ1n) is 5.92. The fraction of sp³-hybridized carbons (Fsp3) is 0.615. The molecule has 1 aliphatic heterocycles. The predicted molar refractivity (Wildman–Crippen MR) is 65.9 cm³/mol. The van der Waals surface area contributed by atoms with Gasteiger partial charge in [-0.05, 0) is 39.8 Å². The van der Waals surface area contributed by atoms with Crippen molar-refractivity contribution in [2.45, 2.75) is 38.8 Å². The molecule has 0 radical (unpaired) electrons. The van der Waals surface area contributed by atoms with Gasteiger partial charge in [0.15, 0.2) is 5.76 Å². The fourth-order valence-corrected chi connectivity index (χ4v) is 2.10. The Morgan fingerprint density at radius 2 is 2.12 bits per heavy atom. The molecule has 4 nitrogen and oxygen atoms in total. The zero-order valence-corrected chi connectivity index (χ0v) is 10.9. The number of hydrogen-bond acceptors (Lipinski definition) is 3. The van der Waals surface area contributed by atoms with E-state index in [4.69, 9.17) is 4.42 Å². The van der Waals surface area contributed by atoms with E-state index < -0.39 is 0 Å². The second-order valence-corrected chi connectivity index (χ2v) is 5.92. The average Bonchev–Trinajstić information content (AvgIpc) is 2.74. The highest BCUT2D eigenvalue weighted by Crippen LogP contribution is 2.25. The minimum absolute atomic E-state index is 0.0328. The molecule has 1 aliphatic rings. The molecule has 1 N–H and O–H groups in total. The van der Waals surface area contributed by atoms with E-state index in [9.17, 15) is 4.79 Å². The monoisotopic (exact) mass is 236 g/mol. The molecule has 4 heteroatoms. The molecule has 0 aliphatic carbocycles. The molecule has 2 rings (SSSR count). The molecule has 0 saturated carbocycles. The lowest BCUT2D eigenvalue weighted by molar-refractivity contribution is 0.0254. The molecule has 17 heavy (non-hydrogen) atoms. The van der Waals surface area contributed by atoms with Gasteiger partial charge in [0.2, 0.25) is 0 Å². The maximum Gasteiger partial charge on any atom is 0.290 e. The Morgan fingerprint density at radius 1 is 1.41 bits per heavy atom. The molecule has 1 amide bonds. The first-order chi connectivity index (χ1) is 7.82. The second kappa shape index (κ2) is 3.88. The third kappa shape index (κ3) is 2.36. The Bertz CT molecular complexity index is 407. The Balaban J connectivity index is 2.25. The summed E-state index contributed by atoms with van der Waals surface area (Å²) in [6.07, 6.45) is 1.54. The zero-order chi connectivity index (χ0) is 12.7. The second-order valence-electron chi connectivity index (χ2n) is 5.92. The van der Waals surface area contributed by atoms with Gasteiger partial charge < -0.3 is 14.6 Å². The predicted octanol–water partition coefficient (Wildman–Crippen LogP) is 1.88. The van der Waals surface area contributed by atoms with Crippen LogP contribution < -0.4 is 5.32 Å². The summed E-state index contributed by atoms with van der Waals surface area (Å²) >= 11 is 0. The van der Waals surface area contributed by atoms with Crippen molar-refractivity contribution in [1.82, 2.24) is 10.2 Å². The lowest BCUT2D eigenvalue weighted by Gasteiger charge is -2.49. The molecule has 0 unspecified atom stereocenters. The topological polar surface area (TPSA) is 45.5 Å². The number of rotatable bonds is 1. The highest BCUT2D eigenvalue weighted by Gasteiger charge is 2.41. The summed E-state index contributed by atoms with van der Waals surface area (Å²) in [6, 6.07) is 3.46. The quantitative estimate of drug-likeness (QED) is 0.809. The molecular weight excluding hydrogens is 216 g/mol.